The first-order valence-corrected chi connectivity index (χ1v) is 21.9. The monoisotopic (exact) mass is 903 g/mol. The van der Waals surface area contributed by atoms with Crippen LogP contribution in [0.5, 0.6) is 0 Å². The maximum Gasteiger partial charge on any atom is 0.408 e. The summed E-state index contributed by atoms with van der Waals surface area (Å²) in [7, 11) is 0. The third-order valence-electron chi connectivity index (χ3n) is 12.5. The molecule has 0 bridgehead atoms. The molecule has 2 aliphatic heterocycles. The smallest absolute Gasteiger partial charge is 0.331 e. The number of fused-ring (bicyclic) bond motifs is 4. The maximum atomic E-state index is 15.2. The Morgan fingerprint density at radius 1 is 0.955 bits per heavy atom. The van der Waals surface area contributed by atoms with Gasteiger partial charge in [-0.25, -0.2) is 24.1 Å². The minimum absolute atomic E-state index is 0.0948. The number of aryl methyl sites for hydroxylation is 2. The Balaban J connectivity index is 1.04. The zero-order chi connectivity index (χ0) is 46.8. The Morgan fingerprint density at radius 3 is 2.41 bits per heavy atom. The van der Waals surface area contributed by atoms with Gasteiger partial charge < -0.3 is 19.7 Å². The number of nitrogens with one attached hydrogen (secondary N) is 1. The quantitative estimate of drug-likeness (QED) is 0.142. The van der Waals surface area contributed by atoms with Crippen molar-refractivity contribution in [3.63, 3.8) is 0 Å². The number of aromatic nitrogens is 9. The molecule has 0 unspecified atom stereocenters. The summed E-state index contributed by atoms with van der Waals surface area (Å²) in [4.78, 5) is 51.9. The average Bonchev–Trinajstić information content (AvgIpc) is 3.84. The Bertz CT molecular complexity index is 3120. The van der Waals surface area contributed by atoms with Crippen LogP contribution in [0.4, 0.5) is 29.2 Å². The number of pyridine rings is 2. The van der Waals surface area contributed by atoms with Crippen LogP contribution in [0, 0.1) is 43.3 Å². The molecule has 66 heavy (non-hydrogen) atoms. The fourth-order valence-electron chi connectivity index (χ4n) is 9.55. The van der Waals surface area contributed by atoms with Gasteiger partial charge in [0.05, 0.1) is 59.4 Å². The number of nitrogens with zero attached hydrogens (tertiary/aromatic N) is 12. The highest BCUT2D eigenvalue weighted by molar-refractivity contribution is 5.93. The fraction of sp³-hybridized carbons (Fsp3) is 0.404. The van der Waals surface area contributed by atoms with Gasteiger partial charge in [0.25, 0.3) is 5.91 Å². The van der Waals surface area contributed by atoms with E-state index in [-0.39, 0.29) is 59.0 Å². The highest BCUT2D eigenvalue weighted by atomic mass is 19.4. The van der Waals surface area contributed by atoms with Gasteiger partial charge >= 0.3 is 11.9 Å². The largest absolute Gasteiger partial charge is 0.408 e. The third-order valence-corrected chi connectivity index (χ3v) is 12.5. The lowest BCUT2D eigenvalue weighted by atomic mass is 9.94. The van der Waals surface area contributed by atoms with Crippen LogP contribution in [0.2, 0.25) is 0 Å². The van der Waals surface area contributed by atoms with E-state index in [0.29, 0.717) is 70.9 Å². The number of anilines is 2. The third kappa shape index (κ3) is 8.41. The van der Waals surface area contributed by atoms with E-state index in [1.807, 2.05) is 22.8 Å². The predicted molar refractivity (Wildman–Crippen MR) is 239 cm³/mol. The van der Waals surface area contributed by atoms with E-state index < -0.39 is 18.5 Å². The second kappa shape index (κ2) is 16.8. The molecule has 1 aromatic carbocycles. The lowest BCUT2D eigenvalue weighted by molar-refractivity contribution is -0.142. The molecule has 7 aromatic rings. The molecule has 1 fully saturated rings. The van der Waals surface area contributed by atoms with Gasteiger partial charge in [-0.3, -0.25) is 18.6 Å². The number of carbonyl (C=O) groups is 1. The van der Waals surface area contributed by atoms with Gasteiger partial charge in [-0.15, -0.1) is 0 Å². The summed E-state index contributed by atoms with van der Waals surface area (Å²) in [6.45, 7) is 13.5. The molecule has 2 aliphatic rings. The van der Waals surface area contributed by atoms with Crippen LogP contribution in [0.1, 0.15) is 89.6 Å². The minimum Gasteiger partial charge on any atom is -0.331 e. The van der Waals surface area contributed by atoms with E-state index in [0.717, 1.165) is 41.0 Å². The number of carbonyl (C=O) groups excluding carboxylic acids is 1. The van der Waals surface area contributed by atoms with Gasteiger partial charge in [0.1, 0.15) is 29.2 Å². The Morgan fingerprint density at radius 2 is 1.73 bits per heavy atom. The van der Waals surface area contributed by atoms with Crippen LogP contribution in [-0.2, 0) is 26.1 Å². The number of imidazole rings is 1. The van der Waals surface area contributed by atoms with Crippen LogP contribution < -0.4 is 11.0 Å². The molecule has 6 aromatic heterocycles. The second-order valence-electron chi connectivity index (χ2n) is 18.5. The number of hydrogen-bond acceptors (Lipinski definition) is 10. The Kier molecular flexibility index (Phi) is 11.3. The van der Waals surface area contributed by atoms with Crippen LogP contribution >= 0.6 is 0 Å². The van der Waals surface area contributed by atoms with E-state index in [9.17, 15) is 28.0 Å². The van der Waals surface area contributed by atoms with Crippen molar-refractivity contribution in [1.82, 2.24) is 53.2 Å². The van der Waals surface area contributed by atoms with Crippen LogP contribution in [-0.4, -0.2) is 91.5 Å². The second-order valence-corrected chi connectivity index (χ2v) is 18.5. The number of nitriles is 1. The number of amides is 1. The molecule has 0 atom stereocenters. The molecule has 0 radical (unpaired) electrons. The van der Waals surface area contributed by atoms with Gasteiger partial charge in [-0.1, -0.05) is 26.8 Å². The SMILES string of the molecule is Cc1nn(CC(F)(F)F)c(C)c1Nc1nc(C)c2c(n1)n(C1CCN(CC(C)(C)C)CC1)c(=O)n2-c1ccc(C(=O)N2CCc3c(n(Cc4ccc(C#N)cc4F)c4ncccc34)C2)nc1. The van der Waals surface area contributed by atoms with Gasteiger partial charge in [0.2, 0.25) is 5.95 Å². The number of rotatable bonds is 9. The first-order valence-electron chi connectivity index (χ1n) is 21.9. The van der Waals surface area contributed by atoms with Crippen molar-refractivity contribution in [2.75, 3.05) is 31.5 Å². The van der Waals surface area contributed by atoms with Crippen LogP contribution in [0.15, 0.2) is 59.7 Å². The van der Waals surface area contributed by atoms with Crippen molar-refractivity contribution in [2.45, 2.75) is 92.7 Å². The molecular weight excluding hydrogens is 855 g/mol. The molecule has 8 heterocycles. The van der Waals surface area contributed by atoms with Crippen LogP contribution in [0.3, 0.4) is 0 Å². The molecule has 9 rings (SSSR count). The van der Waals surface area contributed by atoms with Gasteiger partial charge in [-0.05, 0) is 87.4 Å². The van der Waals surface area contributed by atoms with E-state index in [1.165, 1.54) is 16.8 Å². The molecule has 0 saturated carbocycles. The number of benzene rings is 1. The summed E-state index contributed by atoms with van der Waals surface area (Å²) in [5, 5.41) is 17.4. The van der Waals surface area contributed by atoms with Crippen molar-refractivity contribution in [1.29, 1.82) is 5.26 Å². The lowest BCUT2D eigenvalue weighted by Gasteiger charge is -2.36. The molecule has 1 saturated heterocycles. The molecule has 0 spiro atoms. The zero-order valence-corrected chi connectivity index (χ0v) is 37.5. The van der Waals surface area contributed by atoms with Crippen molar-refractivity contribution in [3.05, 3.63) is 116 Å². The normalized spacial score (nSPS) is 15.1. The molecule has 15 nitrogen and oxygen atoms in total. The summed E-state index contributed by atoms with van der Waals surface area (Å²) < 4.78 is 61.3. The number of alkyl halides is 3. The lowest BCUT2D eigenvalue weighted by Crippen LogP contribution is -2.41. The topological polar surface area (TPSA) is 161 Å². The summed E-state index contributed by atoms with van der Waals surface area (Å²) in [5.74, 6) is -0.718. The molecule has 342 valence electrons. The van der Waals surface area contributed by atoms with E-state index >= 15 is 4.39 Å². The fourth-order valence-corrected chi connectivity index (χ4v) is 9.55. The van der Waals surface area contributed by atoms with Crippen molar-refractivity contribution in [2.24, 2.45) is 5.41 Å². The van der Waals surface area contributed by atoms with Crippen molar-refractivity contribution >= 4 is 39.7 Å². The highest BCUT2D eigenvalue weighted by Gasteiger charge is 2.33. The van der Waals surface area contributed by atoms with Gasteiger partial charge in [-0.2, -0.15) is 28.5 Å². The molecule has 1 N–H and O–H groups in total. The molecule has 0 aliphatic carbocycles. The summed E-state index contributed by atoms with van der Waals surface area (Å²) in [6.07, 6.45) is 0.610. The van der Waals surface area contributed by atoms with Crippen molar-refractivity contribution < 1.29 is 22.4 Å². The first-order chi connectivity index (χ1) is 31.4. The minimum atomic E-state index is -4.47. The Labute approximate surface area is 377 Å². The van der Waals surface area contributed by atoms with E-state index in [2.05, 4.69) is 46.1 Å². The first kappa shape index (κ1) is 44.3. The maximum absolute atomic E-state index is 15.2. The summed E-state index contributed by atoms with van der Waals surface area (Å²) in [5.41, 5.74) is 5.63. The highest BCUT2D eigenvalue weighted by Crippen LogP contribution is 2.34. The standard InChI is InChI=1S/C47H49F4N13O2/c1-27-39(29(3)62(58-27)26-47(49,50)51)56-44-55-28(2)40-42(57-44)64(32-13-17-59(18-14-32)25-46(4,5)6)45(66)63(40)33-11-12-37(54-22-33)43(65)60-19-15-34-35-8-7-16-53-41(35)61(38(34)24-60)23-31-10-9-30(21-52)20-36(31)48/h7-12,16,20,22,32H,13-15,17-19,23-26H2,1-6H3,(H,55,56,57). The molecule has 1 amide bonds. The average molecular weight is 904 g/mol. The van der Waals surface area contributed by atoms with E-state index in [4.69, 9.17) is 9.97 Å². The molecule has 19 heteroatoms. The van der Waals surface area contributed by atoms with Gasteiger partial charge in [0, 0.05) is 55.1 Å². The zero-order valence-electron chi connectivity index (χ0n) is 37.5. The van der Waals surface area contributed by atoms with Crippen molar-refractivity contribution in [3.8, 4) is 11.8 Å². The van der Waals surface area contributed by atoms with E-state index in [1.54, 1.807) is 60.7 Å². The number of halogens is 4. The number of likely N-dealkylation sites (tertiary alicyclic amines) is 1. The predicted octanol–water partition coefficient (Wildman–Crippen LogP) is 7.70. The van der Waals surface area contributed by atoms with Crippen LogP contribution in [0.25, 0.3) is 27.9 Å². The number of piperidine rings is 1. The Hall–Kier alpha value is -6.94. The summed E-state index contributed by atoms with van der Waals surface area (Å²) in [6, 6.07) is 13.2. The number of hydrogen-bond donors (Lipinski definition) is 1. The summed E-state index contributed by atoms with van der Waals surface area (Å²) >= 11 is 0. The molecular formula is C47H49F4N13O2. The van der Waals surface area contributed by atoms with Gasteiger partial charge in [0.15, 0.2) is 5.65 Å².